The SMILES string of the molecule is Cc1ccc(N2NC(C)C3C(=O)C(C(=O)Nc4ccccc4)CNC32)cc1. The summed E-state index contributed by atoms with van der Waals surface area (Å²) in [5.41, 5.74) is 6.29. The zero-order chi connectivity index (χ0) is 19.0. The molecule has 6 heteroatoms. The number of nitrogens with one attached hydrogen (secondary N) is 3. The Morgan fingerprint density at radius 1 is 1.11 bits per heavy atom. The van der Waals surface area contributed by atoms with Crippen molar-refractivity contribution >= 4 is 23.1 Å². The standard InChI is InChI=1S/C21H24N4O2/c1-13-8-10-16(11-9-13)25-20-18(14(2)24-25)19(26)17(12-22-20)21(27)23-15-6-4-3-5-7-15/h3-11,14,17-18,20,22,24H,12H2,1-2H3,(H,23,27). The molecule has 0 aliphatic carbocycles. The molecule has 2 aliphatic rings. The van der Waals surface area contributed by atoms with Crippen molar-refractivity contribution in [2.45, 2.75) is 26.1 Å². The van der Waals surface area contributed by atoms with E-state index < -0.39 is 5.92 Å². The molecule has 4 atom stereocenters. The first-order valence-electron chi connectivity index (χ1n) is 9.29. The minimum Gasteiger partial charge on any atom is -0.325 e. The quantitative estimate of drug-likeness (QED) is 0.727. The Bertz CT molecular complexity index is 837. The Morgan fingerprint density at radius 2 is 1.81 bits per heavy atom. The summed E-state index contributed by atoms with van der Waals surface area (Å²) in [5, 5.41) is 8.27. The van der Waals surface area contributed by atoms with E-state index in [-0.39, 0.29) is 29.8 Å². The lowest BCUT2D eigenvalue weighted by molar-refractivity contribution is -0.136. The summed E-state index contributed by atoms with van der Waals surface area (Å²) < 4.78 is 0. The van der Waals surface area contributed by atoms with Crippen molar-refractivity contribution in [3.05, 3.63) is 60.2 Å². The average molecular weight is 364 g/mol. The normalized spacial score (nSPS) is 27.3. The second-order valence-corrected chi connectivity index (χ2v) is 7.31. The highest BCUT2D eigenvalue weighted by Crippen LogP contribution is 2.32. The van der Waals surface area contributed by atoms with Crippen LogP contribution < -0.4 is 21.1 Å². The van der Waals surface area contributed by atoms with Gasteiger partial charge in [0.1, 0.15) is 12.1 Å². The first-order valence-corrected chi connectivity index (χ1v) is 9.29. The Balaban J connectivity index is 1.50. The molecule has 2 aliphatic heterocycles. The summed E-state index contributed by atoms with van der Waals surface area (Å²) in [4.78, 5) is 25.8. The zero-order valence-electron chi connectivity index (χ0n) is 15.5. The Morgan fingerprint density at radius 3 is 2.52 bits per heavy atom. The number of hydrogen-bond donors (Lipinski definition) is 3. The van der Waals surface area contributed by atoms with E-state index in [1.807, 2.05) is 61.3 Å². The molecule has 2 fully saturated rings. The molecule has 2 aromatic carbocycles. The van der Waals surface area contributed by atoms with E-state index in [0.717, 1.165) is 5.69 Å². The van der Waals surface area contributed by atoms with Gasteiger partial charge in [-0.25, -0.2) is 5.43 Å². The number of nitrogens with zero attached hydrogens (tertiary/aromatic N) is 1. The van der Waals surface area contributed by atoms with Gasteiger partial charge in [0.25, 0.3) is 0 Å². The average Bonchev–Trinajstić information content (AvgIpc) is 3.01. The van der Waals surface area contributed by atoms with Gasteiger partial charge in [0.15, 0.2) is 5.78 Å². The van der Waals surface area contributed by atoms with Crippen molar-refractivity contribution in [1.29, 1.82) is 0 Å². The van der Waals surface area contributed by atoms with E-state index in [0.29, 0.717) is 12.2 Å². The molecule has 27 heavy (non-hydrogen) atoms. The number of aryl methyl sites for hydroxylation is 1. The molecule has 1 amide bonds. The number of para-hydroxylation sites is 1. The van der Waals surface area contributed by atoms with Crippen molar-refractivity contribution in [3.8, 4) is 0 Å². The predicted octanol–water partition coefficient (Wildman–Crippen LogP) is 2.08. The minimum atomic E-state index is -0.686. The molecular formula is C21H24N4O2. The number of carbonyl (C=O) groups is 2. The molecule has 2 heterocycles. The van der Waals surface area contributed by atoms with Gasteiger partial charge in [-0.2, -0.15) is 0 Å². The van der Waals surface area contributed by atoms with Gasteiger partial charge in [-0.05, 0) is 38.1 Å². The number of fused-ring (bicyclic) bond motifs is 1. The lowest BCUT2D eigenvalue weighted by atomic mass is 9.83. The lowest BCUT2D eigenvalue weighted by Gasteiger charge is -2.35. The molecule has 0 saturated carbocycles. The molecule has 4 rings (SSSR count). The molecular weight excluding hydrogens is 340 g/mol. The second-order valence-electron chi connectivity index (χ2n) is 7.31. The number of rotatable bonds is 3. The van der Waals surface area contributed by atoms with Gasteiger partial charge >= 0.3 is 0 Å². The Hall–Kier alpha value is -2.70. The van der Waals surface area contributed by atoms with E-state index in [9.17, 15) is 9.59 Å². The first kappa shape index (κ1) is 17.7. The van der Waals surface area contributed by atoms with Crippen LogP contribution >= 0.6 is 0 Å². The van der Waals surface area contributed by atoms with Crippen molar-refractivity contribution in [3.63, 3.8) is 0 Å². The van der Waals surface area contributed by atoms with Gasteiger partial charge in [0, 0.05) is 18.3 Å². The van der Waals surface area contributed by atoms with Crippen LogP contribution in [0, 0.1) is 18.8 Å². The third-order valence-electron chi connectivity index (χ3n) is 5.37. The van der Waals surface area contributed by atoms with Gasteiger partial charge < -0.3 is 5.32 Å². The lowest BCUT2D eigenvalue weighted by Crippen LogP contribution is -2.58. The van der Waals surface area contributed by atoms with Crippen LogP contribution in [0.1, 0.15) is 12.5 Å². The van der Waals surface area contributed by atoms with Crippen LogP contribution in [0.3, 0.4) is 0 Å². The van der Waals surface area contributed by atoms with Crippen LogP contribution in [0.4, 0.5) is 11.4 Å². The van der Waals surface area contributed by atoms with E-state index in [1.54, 1.807) is 0 Å². The third kappa shape index (κ3) is 3.34. The molecule has 4 unspecified atom stereocenters. The zero-order valence-corrected chi connectivity index (χ0v) is 15.5. The maximum Gasteiger partial charge on any atom is 0.236 e. The smallest absolute Gasteiger partial charge is 0.236 e. The summed E-state index contributed by atoms with van der Waals surface area (Å²) in [6, 6.07) is 17.4. The Labute approximate surface area is 158 Å². The number of piperidine rings is 1. The van der Waals surface area contributed by atoms with Gasteiger partial charge in [0.2, 0.25) is 5.91 Å². The summed E-state index contributed by atoms with van der Waals surface area (Å²) in [7, 11) is 0. The molecule has 2 aromatic rings. The number of anilines is 2. The van der Waals surface area contributed by atoms with Crippen molar-refractivity contribution in [2.24, 2.45) is 11.8 Å². The van der Waals surface area contributed by atoms with Crippen LogP contribution in [0.15, 0.2) is 54.6 Å². The molecule has 0 spiro atoms. The van der Waals surface area contributed by atoms with Crippen LogP contribution in [0.5, 0.6) is 0 Å². The molecule has 2 saturated heterocycles. The first-order chi connectivity index (χ1) is 13.0. The van der Waals surface area contributed by atoms with Crippen LogP contribution in [-0.2, 0) is 9.59 Å². The fourth-order valence-electron chi connectivity index (χ4n) is 3.92. The number of hydrazine groups is 1. The maximum atomic E-state index is 13.1. The van der Waals surface area contributed by atoms with E-state index >= 15 is 0 Å². The third-order valence-corrected chi connectivity index (χ3v) is 5.37. The van der Waals surface area contributed by atoms with Crippen molar-refractivity contribution in [1.82, 2.24) is 10.7 Å². The summed E-state index contributed by atoms with van der Waals surface area (Å²) in [5.74, 6) is -1.24. The molecule has 0 aromatic heterocycles. The summed E-state index contributed by atoms with van der Waals surface area (Å²) in [6.45, 7) is 4.36. The number of ketones is 1. The largest absolute Gasteiger partial charge is 0.325 e. The van der Waals surface area contributed by atoms with E-state index in [2.05, 4.69) is 28.2 Å². The summed E-state index contributed by atoms with van der Waals surface area (Å²) >= 11 is 0. The second kappa shape index (κ2) is 7.13. The topological polar surface area (TPSA) is 73.5 Å². The van der Waals surface area contributed by atoms with E-state index in [1.165, 1.54) is 5.56 Å². The van der Waals surface area contributed by atoms with Gasteiger partial charge in [-0.15, -0.1) is 0 Å². The number of Topliss-reactive ketones (excluding diaryl/α,β-unsaturated/α-hetero) is 1. The Kier molecular flexibility index (Phi) is 4.68. The number of hydrogen-bond acceptors (Lipinski definition) is 5. The molecule has 3 N–H and O–H groups in total. The summed E-state index contributed by atoms with van der Waals surface area (Å²) in [6.07, 6.45) is -0.156. The fourth-order valence-corrected chi connectivity index (χ4v) is 3.92. The fraction of sp³-hybridized carbons (Fsp3) is 0.333. The van der Waals surface area contributed by atoms with Gasteiger partial charge in [0.05, 0.1) is 11.6 Å². The monoisotopic (exact) mass is 364 g/mol. The van der Waals surface area contributed by atoms with Crippen LogP contribution in [0.25, 0.3) is 0 Å². The van der Waals surface area contributed by atoms with Crippen LogP contribution in [-0.4, -0.2) is 30.4 Å². The molecule has 140 valence electrons. The highest BCUT2D eigenvalue weighted by Gasteiger charge is 2.50. The molecule has 0 radical (unpaired) electrons. The minimum absolute atomic E-state index is 0.0122. The highest BCUT2D eigenvalue weighted by molar-refractivity contribution is 6.09. The number of carbonyl (C=O) groups excluding carboxylic acids is 2. The van der Waals surface area contributed by atoms with E-state index in [4.69, 9.17) is 0 Å². The molecule has 0 bridgehead atoms. The van der Waals surface area contributed by atoms with Crippen molar-refractivity contribution in [2.75, 3.05) is 16.9 Å². The van der Waals surface area contributed by atoms with Gasteiger partial charge in [-0.1, -0.05) is 35.9 Å². The van der Waals surface area contributed by atoms with Gasteiger partial charge in [-0.3, -0.25) is 19.9 Å². The predicted molar refractivity (Wildman–Crippen MR) is 105 cm³/mol. The number of amides is 1. The van der Waals surface area contributed by atoms with Crippen molar-refractivity contribution < 1.29 is 9.59 Å². The molecule has 6 nitrogen and oxygen atoms in total. The maximum absolute atomic E-state index is 13.1. The van der Waals surface area contributed by atoms with Crippen LogP contribution in [0.2, 0.25) is 0 Å². The number of benzene rings is 2. The highest BCUT2D eigenvalue weighted by atomic mass is 16.2.